The van der Waals surface area contributed by atoms with E-state index < -0.39 is 6.04 Å². The maximum Gasteiger partial charge on any atom is 0.251 e. The Morgan fingerprint density at radius 2 is 2.04 bits per heavy atom. The molecular formula is C22H23N3O3. The molecule has 2 heterocycles. The van der Waals surface area contributed by atoms with Crippen LogP contribution < -0.4 is 15.0 Å². The zero-order chi connectivity index (χ0) is 19.7. The molecule has 4 rings (SSSR count). The van der Waals surface area contributed by atoms with E-state index in [1.54, 1.807) is 18.2 Å². The summed E-state index contributed by atoms with van der Waals surface area (Å²) in [6.45, 7) is 2.69. The first-order valence-corrected chi connectivity index (χ1v) is 9.38. The summed E-state index contributed by atoms with van der Waals surface area (Å²) in [6.07, 6.45) is 2.94. The van der Waals surface area contributed by atoms with Crippen molar-refractivity contribution in [3.63, 3.8) is 0 Å². The fourth-order valence-electron chi connectivity index (χ4n) is 3.74. The molecule has 1 unspecified atom stereocenters. The van der Waals surface area contributed by atoms with Crippen LogP contribution in [-0.2, 0) is 16.0 Å². The predicted octanol–water partition coefficient (Wildman–Crippen LogP) is 2.95. The standard InChI is InChI=1S/C22H23N3O3/c1-14-7-8-17-16(11-14)15(13-24-17)9-10-23-18-12-21(26)25(22(18)27)19-5-3-4-6-20(19)28-2/h3-8,11,13,18,23-24H,9-10,12H2,1-2H3. The SMILES string of the molecule is COc1ccccc1N1C(=O)CC(NCCc2c[nH]c3ccc(C)cc23)C1=O. The first-order chi connectivity index (χ1) is 13.6. The van der Waals surface area contributed by atoms with Crippen molar-refractivity contribution >= 4 is 28.4 Å². The number of carbonyl (C=O) groups is 2. The summed E-state index contributed by atoms with van der Waals surface area (Å²) < 4.78 is 5.30. The first kappa shape index (κ1) is 18.3. The van der Waals surface area contributed by atoms with Gasteiger partial charge in [-0.2, -0.15) is 0 Å². The highest BCUT2D eigenvalue weighted by molar-refractivity contribution is 6.23. The number of para-hydroxylation sites is 2. The lowest BCUT2D eigenvalue weighted by atomic mass is 10.1. The summed E-state index contributed by atoms with van der Waals surface area (Å²) in [7, 11) is 1.53. The van der Waals surface area contributed by atoms with E-state index in [2.05, 4.69) is 35.4 Å². The third-order valence-electron chi connectivity index (χ3n) is 5.18. The highest BCUT2D eigenvalue weighted by Gasteiger charge is 2.40. The number of rotatable bonds is 6. The van der Waals surface area contributed by atoms with Crippen molar-refractivity contribution in [3.05, 3.63) is 59.8 Å². The number of ether oxygens (including phenoxy) is 1. The van der Waals surface area contributed by atoms with Gasteiger partial charge in [0.1, 0.15) is 5.75 Å². The zero-order valence-corrected chi connectivity index (χ0v) is 16.0. The Labute approximate surface area is 163 Å². The van der Waals surface area contributed by atoms with Crippen LogP contribution in [0.3, 0.4) is 0 Å². The van der Waals surface area contributed by atoms with Crippen molar-refractivity contribution in [1.29, 1.82) is 0 Å². The fourth-order valence-corrected chi connectivity index (χ4v) is 3.74. The number of carbonyl (C=O) groups excluding carboxylic acids is 2. The summed E-state index contributed by atoms with van der Waals surface area (Å²) >= 11 is 0. The molecule has 0 bridgehead atoms. The third-order valence-corrected chi connectivity index (χ3v) is 5.18. The molecule has 28 heavy (non-hydrogen) atoms. The van der Waals surface area contributed by atoms with Crippen molar-refractivity contribution in [2.75, 3.05) is 18.6 Å². The smallest absolute Gasteiger partial charge is 0.251 e. The van der Waals surface area contributed by atoms with Gasteiger partial charge in [-0.25, -0.2) is 4.90 Å². The van der Waals surface area contributed by atoms with Crippen LogP contribution in [0.1, 0.15) is 17.5 Å². The number of aromatic amines is 1. The molecule has 1 atom stereocenters. The first-order valence-electron chi connectivity index (χ1n) is 9.38. The normalized spacial score (nSPS) is 16.9. The van der Waals surface area contributed by atoms with Gasteiger partial charge in [-0.15, -0.1) is 0 Å². The molecule has 0 saturated carbocycles. The van der Waals surface area contributed by atoms with Gasteiger partial charge in [0.05, 0.1) is 25.3 Å². The van der Waals surface area contributed by atoms with E-state index in [1.807, 2.05) is 12.3 Å². The number of hydrogen-bond donors (Lipinski definition) is 2. The Morgan fingerprint density at radius 1 is 1.21 bits per heavy atom. The van der Waals surface area contributed by atoms with Gasteiger partial charge in [0.25, 0.3) is 5.91 Å². The van der Waals surface area contributed by atoms with Gasteiger partial charge < -0.3 is 15.0 Å². The minimum Gasteiger partial charge on any atom is -0.495 e. The van der Waals surface area contributed by atoms with Crippen LogP contribution in [0.2, 0.25) is 0 Å². The Bertz CT molecular complexity index is 1040. The van der Waals surface area contributed by atoms with Gasteiger partial charge >= 0.3 is 0 Å². The second kappa shape index (κ2) is 7.48. The molecule has 1 aliphatic rings. The molecule has 1 fully saturated rings. The number of aryl methyl sites for hydroxylation is 1. The number of aromatic nitrogens is 1. The molecular weight excluding hydrogens is 354 g/mol. The quantitative estimate of drug-likeness (QED) is 0.648. The number of methoxy groups -OCH3 is 1. The highest BCUT2D eigenvalue weighted by atomic mass is 16.5. The topological polar surface area (TPSA) is 74.4 Å². The Hall–Kier alpha value is -3.12. The van der Waals surface area contributed by atoms with E-state index in [4.69, 9.17) is 4.74 Å². The van der Waals surface area contributed by atoms with Gasteiger partial charge in [0.15, 0.2) is 0 Å². The number of nitrogens with zero attached hydrogens (tertiary/aromatic N) is 1. The van der Waals surface area contributed by atoms with E-state index in [0.29, 0.717) is 18.0 Å². The second-order valence-electron chi connectivity index (χ2n) is 7.06. The van der Waals surface area contributed by atoms with Crippen molar-refractivity contribution < 1.29 is 14.3 Å². The van der Waals surface area contributed by atoms with E-state index in [9.17, 15) is 9.59 Å². The molecule has 1 saturated heterocycles. The molecule has 6 nitrogen and oxygen atoms in total. The van der Waals surface area contributed by atoms with Crippen molar-refractivity contribution in [2.24, 2.45) is 0 Å². The molecule has 2 N–H and O–H groups in total. The van der Waals surface area contributed by atoms with Crippen LogP contribution in [0.4, 0.5) is 5.69 Å². The van der Waals surface area contributed by atoms with Crippen LogP contribution in [0, 0.1) is 6.92 Å². The molecule has 1 aliphatic heterocycles. The van der Waals surface area contributed by atoms with Gasteiger partial charge in [0.2, 0.25) is 5.91 Å². The lowest BCUT2D eigenvalue weighted by Crippen LogP contribution is -2.39. The second-order valence-corrected chi connectivity index (χ2v) is 7.06. The Morgan fingerprint density at radius 3 is 2.86 bits per heavy atom. The van der Waals surface area contributed by atoms with Crippen LogP contribution >= 0.6 is 0 Å². The molecule has 0 spiro atoms. The molecule has 0 radical (unpaired) electrons. The Kier molecular flexibility index (Phi) is 4.88. The number of nitrogens with one attached hydrogen (secondary N) is 2. The van der Waals surface area contributed by atoms with Crippen molar-refractivity contribution in [2.45, 2.75) is 25.8 Å². The van der Waals surface area contributed by atoms with Gasteiger partial charge in [-0.3, -0.25) is 9.59 Å². The lowest BCUT2D eigenvalue weighted by Gasteiger charge is -2.18. The summed E-state index contributed by atoms with van der Waals surface area (Å²) in [6, 6.07) is 12.9. The number of fused-ring (bicyclic) bond motifs is 1. The van der Waals surface area contributed by atoms with Crippen LogP contribution in [0.15, 0.2) is 48.7 Å². The van der Waals surface area contributed by atoms with Crippen molar-refractivity contribution in [1.82, 2.24) is 10.3 Å². The minimum atomic E-state index is -0.510. The molecule has 0 aliphatic carbocycles. The summed E-state index contributed by atoms with van der Waals surface area (Å²) in [5.74, 6) is 0.0676. The molecule has 2 aromatic carbocycles. The minimum absolute atomic E-state index is 0.157. The highest BCUT2D eigenvalue weighted by Crippen LogP contribution is 2.31. The van der Waals surface area contributed by atoms with Crippen LogP contribution in [-0.4, -0.2) is 36.5 Å². The number of benzene rings is 2. The molecule has 1 aromatic heterocycles. The van der Waals surface area contributed by atoms with Gasteiger partial charge in [0, 0.05) is 23.6 Å². The fraction of sp³-hybridized carbons (Fsp3) is 0.273. The molecule has 144 valence electrons. The number of hydrogen-bond acceptors (Lipinski definition) is 4. The largest absolute Gasteiger partial charge is 0.495 e. The van der Waals surface area contributed by atoms with Gasteiger partial charge in [-0.1, -0.05) is 23.8 Å². The average molecular weight is 377 g/mol. The molecule has 2 amide bonds. The number of anilines is 1. The van der Waals surface area contributed by atoms with E-state index in [1.165, 1.54) is 28.5 Å². The van der Waals surface area contributed by atoms with Crippen LogP contribution in [0.25, 0.3) is 10.9 Å². The summed E-state index contributed by atoms with van der Waals surface area (Å²) in [5.41, 5.74) is 4.02. The maximum atomic E-state index is 12.8. The maximum absolute atomic E-state index is 12.8. The van der Waals surface area contributed by atoms with E-state index >= 15 is 0 Å². The van der Waals surface area contributed by atoms with Crippen LogP contribution in [0.5, 0.6) is 5.75 Å². The lowest BCUT2D eigenvalue weighted by molar-refractivity contribution is -0.121. The van der Waals surface area contributed by atoms with Gasteiger partial charge in [-0.05, 0) is 43.2 Å². The monoisotopic (exact) mass is 377 g/mol. The van der Waals surface area contributed by atoms with E-state index in [-0.39, 0.29) is 18.2 Å². The van der Waals surface area contributed by atoms with E-state index in [0.717, 1.165) is 11.9 Å². The molecule has 3 aromatic rings. The Balaban J connectivity index is 1.44. The summed E-state index contributed by atoms with van der Waals surface area (Å²) in [4.78, 5) is 29.8. The third kappa shape index (κ3) is 3.27. The zero-order valence-electron chi connectivity index (χ0n) is 16.0. The molecule has 6 heteroatoms. The van der Waals surface area contributed by atoms with Crippen molar-refractivity contribution in [3.8, 4) is 5.75 Å². The summed E-state index contributed by atoms with van der Waals surface area (Å²) in [5, 5.41) is 4.45. The number of H-pyrrole nitrogens is 1. The number of amides is 2. The predicted molar refractivity (Wildman–Crippen MR) is 109 cm³/mol. The average Bonchev–Trinajstić information content (AvgIpc) is 3.22. The number of imide groups is 1.